The molecule has 0 amide bonds. The molecule has 106 valence electrons. The van der Waals surface area contributed by atoms with Crippen molar-refractivity contribution < 1.29 is 4.39 Å². The topological polar surface area (TPSA) is 12.9 Å². The van der Waals surface area contributed by atoms with Gasteiger partial charge in [0.15, 0.2) is 0 Å². The van der Waals surface area contributed by atoms with Gasteiger partial charge in [-0.1, -0.05) is 39.8 Å². The van der Waals surface area contributed by atoms with Crippen LogP contribution in [0, 0.1) is 12.9 Å². The van der Waals surface area contributed by atoms with E-state index in [0.717, 1.165) is 11.1 Å². The molecule has 1 heterocycles. The third kappa shape index (κ3) is 2.74. The van der Waals surface area contributed by atoms with Crippen molar-refractivity contribution in [1.82, 2.24) is 4.98 Å². The molecule has 0 aliphatic carbocycles. The van der Waals surface area contributed by atoms with Gasteiger partial charge in [0.05, 0.1) is 0 Å². The molecule has 1 aromatic carbocycles. The van der Waals surface area contributed by atoms with E-state index in [0.29, 0.717) is 17.4 Å². The highest BCUT2D eigenvalue weighted by Gasteiger charge is 2.15. The van der Waals surface area contributed by atoms with E-state index in [1.54, 1.807) is 12.1 Å². The van der Waals surface area contributed by atoms with Crippen LogP contribution in [0.5, 0.6) is 0 Å². The highest BCUT2D eigenvalue weighted by Crippen LogP contribution is 2.34. The van der Waals surface area contributed by atoms with Gasteiger partial charge in [0.25, 0.3) is 0 Å². The first-order chi connectivity index (χ1) is 9.41. The zero-order valence-electron chi connectivity index (χ0n) is 12.9. The van der Waals surface area contributed by atoms with Gasteiger partial charge in [-0.15, -0.1) is 0 Å². The van der Waals surface area contributed by atoms with Gasteiger partial charge in [0, 0.05) is 11.8 Å². The Morgan fingerprint density at radius 1 is 1.00 bits per heavy atom. The van der Waals surface area contributed by atoms with Crippen molar-refractivity contribution in [3.8, 4) is 11.1 Å². The second-order valence-corrected chi connectivity index (χ2v) is 5.93. The lowest BCUT2D eigenvalue weighted by Crippen LogP contribution is -2.01. The first kappa shape index (κ1) is 14.7. The lowest BCUT2D eigenvalue weighted by atomic mass is 9.87. The molecule has 0 spiro atoms. The SMILES string of the molecule is Cc1c(-c2cccnc2F)cc(C(C)C)cc1C(C)C. The Balaban J connectivity index is 2.72. The summed E-state index contributed by atoms with van der Waals surface area (Å²) in [5.41, 5.74) is 5.24. The largest absolute Gasteiger partial charge is 0.228 e. The van der Waals surface area contributed by atoms with Gasteiger partial charge in [-0.2, -0.15) is 4.39 Å². The van der Waals surface area contributed by atoms with Crippen molar-refractivity contribution in [3.05, 3.63) is 53.1 Å². The Kier molecular flexibility index (Phi) is 4.22. The minimum absolute atomic E-state index is 0.397. The fourth-order valence-corrected chi connectivity index (χ4v) is 2.56. The quantitative estimate of drug-likeness (QED) is 0.677. The van der Waals surface area contributed by atoms with Crippen molar-refractivity contribution in [2.45, 2.75) is 46.5 Å². The predicted molar refractivity (Wildman–Crippen MR) is 82.5 cm³/mol. The van der Waals surface area contributed by atoms with Gasteiger partial charge in [-0.25, -0.2) is 4.98 Å². The molecule has 0 atom stereocenters. The van der Waals surface area contributed by atoms with E-state index < -0.39 is 5.95 Å². The number of aromatic nitrogens is 1. The summed E-state index contributed by atoms with van der Waals surface area (Å²) in [6.07, 6.45) is 1.49. The maximum atomic E-state index is 14.0. The summed E-state index contributed by atoms with van der Waals surface area (Å²) in [6.45, 7) is 10.8. The number of hydrogen-bond donors (Lipinski definition) is 0. The van der Waals surface area contributed by atoms with Crippen LogP contribution in [0.4, 0.5) is 4.39 Å². The Hall–Kier alpha value is -1.70. The second-order valence-electron chi connectivity index (χ2n) is 5.93. The van der Waals surface area contributed by atoms with Crippen LogP contribution in [-0.2, 0) is 0 Å². The van der Waals surface area contributed by atoms with E-state index >= 15 is 0 Å². The van der Waals surface area contributed by atoms with Gasteiger partial charge < -0.3 is 0 Å². The van der Waals surface area contributed by atoms with Crippen molar-refractivity contribution in [2.24, 2.45) is 0 Å². The summed E-state index contributed by atoms with van der Waals surface area (Å²) in [7, 11) is 0. The van der Waals surface area contributed by atoms with Crippen molar-refractivity contribution >= 4 is 0 Å². The standard InChI is InChI=1S/C18H22FN/c1-11(2)14-9-16(12(3)4)13(5)17(10-14)15-7-6-8-20-18(15)19/h6-12H,1-5H3. The molecule has 0 bridgehead atoms. The van der Waals surface area contributed by atoms with E-state index in [2.05, 4.69) is 51.7 Å². The highest BCUT2D eigenvalue weighted by molar-refractivity contribution is 5.69. The summed E-state index contributed by atoms with van der Waals surface area (Å²) in [5, 5.41) is 0. The average molecular weight is 271 g/mol. The van der Waals surface area contributed by atoms with Crippen LogP contribution in [-0.4, -0.2) is 4.98 Å². The van der Waals surface area contributed by atoms with E-state index in [-0.39, 0.29) is 0 Å². The molecule has 20 heavy (non-hydrogen) atoms. The minimum Gasteiger partial charge on any atom is -0.228 e. The molecule has 0 saturated heterocycles. The molecular formula is C18H22FN. The first-order valence-corrected chi connectivity index (χ1v) is 7.17. The Bertz CT molecular complexity index is 615. The van der Waals surface area contributed by atoms with Gasteiger partial charge in [0.1, 0.15) is 0 Å². The molecular weight excluding hydrogens is 249 g/mol. The second kappa shape index (κ2) is 5.74. The highest BCUT2D eigenvalue weighted by atomic mass is 19.1. The Morgan fingerprint density at radius 2 is 1.70 bits per heavy atom. The van der Waals surface area contributed by atoms with Gasteiger partial charge in [0.2, 0.25) is 5.95 Å². The van der Waals surface area contributed by atoms with Crippen LogP contribution >= 0.6 is 0 Å². The van der Waals surface area contributed by atoms with Crippen molar-refractivity contribution in [3.63, 3.8) is 0 Å². The van der Waals surface area contributed by atoms with Crippen molar-refractivity contribution in [1.29, 1.82) is 0 Å². The van der Waals surface area contributed by atoms with Crippen molar-refractivity contribution in [2.75, 3.05) is 0 Å². The van der Waals surface area contributed by atoms with E-state index in [1.807, 2.05) is 0 Å². The van der Waals surface area contributed by atoms with Gasteiger partial charge >= 0.3 is 0 Å². The lowest BCUT2D eigenvalue weighted by molar-refractivity contribution is 0.587. The van der Waals surface area contributed by atoms with Crippen LogP contribution in [0.25, 0.3) is 11.1 Å². The Morgan fingerprint density at radius 3 is 2.25 bits per heavy atom. The molecule has 1 nitrogen and oxygen atoms in total. The van der Waals surface area contributed by atoms with Crippen LogP contribution < -0.4 is 0 Å². The maximum Gasteiger partial charge on any atom is 0.220 e. The molecule has 2 aromatic rings. The summed E-state index contributed by atoms with van der Waals surface area (Å²) in [4.78, 5) is 3.78. The molecule has 0 radical (unpaired) electrons. The smallest absolute Gasteiger partial charge is 0.220 e. The molecule has 2 rings (SSSR count). The predicted octanol–water partition coefficient (Wildman–Crippen LogP) is 5.44. The normalized spacial score (nSPS) is 11.4. The summed E-state index contributed by atoms with van der Waals surface area (Å²) in [5.74, 6) is 0.449. The maximum absolute atomic E-state index is 14.0. The molecule has 0 saturated carbocycles. The van der Waals surface area contributed by atoms with Gasteiger partial charge in [-0.3, -0.25) is 0 Å². The number of pyridine rings is 1. The third-order valence-electron chi connectivity index (χ3n) is 3.81. The molecule has 0 unspecified atom stereocenters. The molecule has 1 aromatic heterocycles. The third-order valence-corrected chi connectivity index (χ3v) is 3.81. The van der Waals surface area contributed by atoms with Crippen LogP contribution in [0.15, 0.2) is 30.5 Å². The zero-order chi connectivity index (χ0) is 14.9. The number of halogens is 1. The van der Waals surface area contributed by atoms with E-state index in [1.165, 1.54) is 17.3 Å². The zero-order valence-corrected chi connectivity index (χ0v) is 12.9. The minimum atomic E-state index is -0.397. The summed E-state index contributed by atoms with van der Waals surface area (Å²) >= 11 is 0. The van der Waals surface area contributed by atoms with Crippen LogP contribution in [0.1, 0.15) is 56.2 Å². The monoisotopic (exact) mass is 271 g/mol. The number of benzene rings is 1. The van der Waals surface area contributed by atoms with Crippen LogP contribution in [0.3, 0.4) is 0 Å². The summed E-state index contributed by atoms with van der Waals surface area (Å²) < 4.78 is 14.0. The number of nitrogens with zero attached hydrogens (tertiary/aromatic N) is 1. The lowest BCUT2D eigenvalue weighted by Gasteiger charge is -2.19. The van der Waals surface area contributed by atoms with Gasteiger partial charge in [-0.05, 0) is 53.1 Å². The van der Waals surface area contributed by atoms with E-state index in [9.17, 15) is 4.39 Å². The fourth-order valence-electron chi connectivity index (χ4n) is 2.56. The molecule has 0 aliphatic heterocycles. The fraction of sp³-hybridized carbons (Fsp3) is 0.389. The van der Waals surface area contributed by atoms with Crippen LogP contribution in [0.2, 0.25) is 0 Å². The number of hydrogen-bond acceptors (Lipinski definition) is 1. The van der Waals surface area contributed by atoms with E-state index in [4.69, 9.17) is 0 Å². The average Bonchev–Trinajstić information content (AvgIpc) is 2.39. The number of rotatable bonds is 3. The Labute approximate surface area is 120 Å². The molecule has 0 N–H and O–H groups in total. The molecule has 0 aliphatic rings. The molecule has 0 fully saturated rings. The first-order valence-electron chi connectivity index (χ1n) is 7.17. The summed E-state index contributed by atoms with van der Waals surface area (Å²) in [6, 6.07) is 7.95. The molecule has 2 heteroatoms.